The van der Waals surface area contributed by atoms with Crippen LogP contribution in [-0.2, 0) is 15.1 Å². The summed E-state index contributed by atoms with van der Waals surface area (Å²) >= 11 is 4.15. The van der Waals surface area contributed by atoms with Crippen LogP contribution in [0.25, 0.3) is 0 Å². The molecule has 3 nitrogen and oxygen atoms in total. The lowest BCUT2D eigenvalue weighted by Gasteiger charge is -2.38. The van der Waals surface area contributed by atoms with Crippen molar-refractivity contribution < 1.29 is 9.53 Å². The maximum atomic E-state index is 11.9. The van der Waals surface area contributed by atoms with Gasteiger partial charge in [0, 0.05) is 12.8 Å². The fraction of sp³-hybridized carbons (Fsp3) is 0.500. The van der Waals surface area contributed by atoms with Crippen molar-refractivity contribution in [3.05, 3.63) is 35.9 Å². The summed E-state index contributed by atoms with van der Waals surface area (Å²) < 4.78 is 5.77. The molecule has 0 saturated carbocycles. The number of rotatable bonds is 3. The SMILES string of the molecule is CC(S)C(=O)OC1(c2ccccc2)CCNCC1. The largest absolute Gasteiger partial charge is 0.453 e. The van der Waals surface area contributed by atoms with E-state index in [0.717, 1.165) is 31.5 Å². The van der Waals surface area contributed by atoms with Crippen LogP contribution in [0.2, 0.25) is 0 Å². The standard InChI is InChI=1S/C14H19NO2S/c1-11(18)13(16)17-14(7-9-15-10-8-14)12-5-3-2-4-6-12/h2-6,11,15,18H,7-10H2,1H3. The first-order chi connectivity index (χ1) is 8.64. The van der Waals surface area contributed by atoms with E-state index in [-0.39, 0.29) is 11.2 Å². The first-order valence-electron chi connectivity index (χ1n) is 6.31. The van der Waals surface area contributed by atoms with Gasteiger partial charge in [0.25, 0.3) is 0 Å². The van der Waals surface area contributed by atoms with Crippen LogP contribution in [0.1, 0.15) is 25.3 Å². The smallest absolute Gasteiger partial charge is 0.319 e. The Morgan fingerprint density at radius 2 is 1.94 bits per heavy atom. The van der Waals surface area contributed by atoms with Gasteiger partial charge >= 0.3 is 5.97 Å². The van der Waals surface area contributed by atoms with E-state index in [9.17, 15) is 4.79 Å². The van der Waals surface area contributed by atoms with Crippen LogP contribution in [0.3, 0.4) is 0 Å². The molecule has 1 aliphatic rings. The highest BCUT2D eigenvalue weighted by Gasteiger charge is 2.38. The zero-order valence-corrected chi connectivity index (χ0v) is 11.5. The van der Waals surface area contributed by atoms with Crippen LogP contribution in [0.4, 0.5) is 0 Å². The number of benzene rings is 1. The van der Waals surface area contributed by atoms with Gasteiger partial charge in [0.05, 0.1) is 5.25 Å². The van der Waals surface area contributed by atoms with Gasteiger partial charge in [-0.05, 0) is 25.6 Å². The Morgan fingerprint density at radius 3 is 2.50 bits per heavy atom. The molecule has 0 amide bonds. The molecule has 0 radical (unpaired) electrons. The fourth-order valence-corrected chi connectivity index (χ4v) is 2.35. The number of thiol groups is 1. The number of hydrogen-bond donors (Lipinski definition) is 2. The maximum Gasteiger partial charge on any atom is 0.319 e. The highest BCUT2D eigenvalue weighted by Crippen LogP contribution is 2.35. The Kier molecular flexibility index (Phi) is 4.30. The van der Waals surface area contributed by atoms with Crippen LogP contribution in [0.15, 0.2) is 30.3 Å². The molecule has 1 aromatic rings. The highest BCUT2D eigenvalue weighted by molar-refractivity contribution is 7.81. The van der Waals surface area contributed by atoms with Gasteiger partial charge in [-0.15, -0.1) is 0 Å². The second kappa shape index (κ2) is 5.76. The van der Waals surface area contributed by atoms with E-state index in [1.165, 1.54) is 0 Å². The molecule has 0 bridgehead atoms. The molecule has 0 spiro atoms. The minimum absolute atomic E-state index is 0.246. The lowest BCUT2D eigenvalue weighted by molar-refractivity contribution is -0.163. The molecule has 1 N–H and O–H groups in total. The molecule has 2 rings (SSSR count). The lowest BCUT2D eigenvalue weighted by atomic mass is 9.85. The van der Waals surface area contributed by atoms with Gasteiger partial charge < -0.3 is 10.1 Å². The summed E-state index contributed by atoms with van der Waals surface area (Å²) in [6, 6.07) is 10.00. The molecule has 0 aliphatic carbocycles. The quantitative estimate of drug-likeness (QED) is 0.649. The Hall–Kier alpha value is -1.00. The van der Waals surface area contributed by atoms with Crippen molar-refractivity contribution in [2.45, 2.75) is 30.6 Å². The zero-order valence-electron chi connectivity index (χ0n) is 10.6. The van der Waals surface area contributed by atoms with Crippen molar-refractivity contribution >= 4 is 18.6 Å². The molecular formula is C14H19NO2S. The van der Waals surface area contributed by atoms with Crippen molar-refractivity contribution in [1.82, 2.24) is 5.32 Å². The maximum absolute atomic E-state index is 11.9. The number of carbonyl (C=O) groups excluding carboxylic acids is 1. The van der Waals surface area contributed by atoms with E-state index in [2.05, 4.69) is 17.9 Å². The van der Waals surface area contributed by atoms with E-state index in [1.54, 1.807) is 6.92 Å². The Morgan fingerprint density at radius 1 is 1.33 bits per heavy atom. The fourth-order valence-electron chi connectivity index (χ4n) is 2.30. The molecular weight excluding hydrogens is 246 g/mol. The molecule has 1 saturated heterocycles. The molecule has 1 aliphatic heterocycles. The Bertz CT molecular complexity index is 400. The van der Waals surface area contributed by atoms with E-state index in [0.29, 0.717) is 0 Å². The Labute approximate surface area is 113 Å². The second-order valence-electron chi connectivity index (χ2n) is 4.71. The van der Waals surface area contributed by atoms with Crippen molar-refractivity contribution in [2.24, 2.45) is 0 Å². The number of esters is 1. The predicted molar refractivity (Wildman–Crippen MR) is 74.8 cm³/mol. The monoisotopic (exact) mass is 265 g/mol. The summed E-state index contributed by atoms with van der Waals surface area (Å²) in [5, 5.41) is 2.91. The number of nitrogens with one attached hydrogen (secondary N) is 1. The van der Waals surface area contributed by atoms with Gasteiger partial charge in [-0.25, -0.2) is 0 Å². The minimum atomic E-state index is -0.486. The predicted octanol–water partition coefficient (Wildman–Crippen LogP) is 2.13. The van der Waals surface area contributed by atoms with E-state index in [1.807, 2.05) is 30.3 Å². The summed E-state index contributed by atoms with van der Waals surface area (Å²) in [5.41, 5.74) is 0.592. The molecule has 1 heterocycles. The summed E-state index contributed by atoms with van der Waals surface area (Å²) in [7, 11) is 0. The van der Waals surface area contributed by atoms with Gasteiger partial charge in [0.2, 0.25) is 0 Å². The zero-order chi connectivity index (χ0) is 13.0. The molecule has 98 valence electrons. The number of piperidine rings is 1. The topological polar surface area (TPSA) is 38.3 Å². The van der Waals surface area contributed by atoms with Gasteiger partial charge in [0.1, 0.15) is 5.60 Å². The average molecular weight is 265 g/mol. The average Bonchev–Trinajstić information content (AvgIpc) is 2.40. The number of ether oxygens (including phenoxy) is 1. The van der Waals surface area contributed by atoms with Crippen molar-refractivity contribution in [1.29, 1.82) is 0 Å². The third-order valence-electron chi connectivity index (χ3n) is 3.35. The van der Waals surface area contributed by atoms with Gasteiger partial charge in [-0.3, -0.25) is 4.79 Å². The Balaban J connectivity index is 2.26. The molecule has 0 aromatic heterocycles. The number of hydrogen-bond acceptors (Lipinski definition) is 4. The molecule has 1 fully saturated rings. The summed E-state index contributed by atoms with van der Waals surface area (Å²) in [6.45, 7) is 3.47. The number of carbonyl (C=O) groups is 1. The first-order valence-corrected chi connectivity index (χ1v) is 6.83. The van der Waals surface area contributed by atoms with Gasteiger partial charge in [-0.2, -0.15) is 12.6 Å². The van der Waals surface area contributed by atoms with Crippen LogP contribution >= 0.6 is 12.6 Å². The third kappa shape index (κ3) is 2.87. The van der Waals surface area contributed by atoms with E-state index in [4.69, 9.17) is 4.74 Å². The van der Waals surface area contributed by atoms with Crippen molar-refractivity contribution in [2.75, 3.05) is 13.1 Å². The minimum Gasteiger partial charge on any atom is -0.453 e. The molecule has 4 heteroatoms. The first kappa shape index (κ1) is 13.4. The molecule has 1 atom stereocenters. The van der Waals surface area contributed by atoms with Crippen molar-refractivity contribution in [3.63, 3.8) is 0 Å². The van der Waals surface area contributed by atoms with Crippen LogP contribution in [-0.4, -0.2) is 24.3 Å². The van der Waals surface area contributed by atoms with Crippen LogP contribution in [0, 0.1) is 0 Å². The highest BCUT2D eigenvalue weighted by atomic mass is 32.1. The summed E-state index contributed by atoms with van der Waals surface area (Å²) in [4.78, 5) is 11.9. The van der Waals surface area contributed by atoms with Gasteiger partial charge in [0.15, 0.2) is 0 Å². The van der Waals surface area contributed by atoms with Crippen molar-refractivity contribution in [3.8, 4) is 0 Å². The molecule has 1 unspecified atom stereocenters. The van der Waals surface area contributed by atoms with E-state index < -0.39 is 5.60 Å². The summed E-state index contributed by atoms with van der Waals surface area (Å²) in [6.07, 6.45) is 1.62. The third-order valence-corrected chi connectivity index (χ3v) is 3.56. The normalized spacial score (nSPS) is 20.1. The lowest BCUT2D eigenvalue weighted by Crippen LogP contribution is -2.44. The second-order valence-corrected chi connectivity index (χ2v) is 5.48. The van der Waals surface area contributed by atoms with E-state index >= 15 is 0 Å². The van der Waals surface area contributed by atoms with Crippen LogP contribution in [0.5, 0.6) is 0 Å². The summed E-state index contributed by atoms with van der Waals surface area (Å²) in [5.74, 6) is -0.246. The molecule has 18 heavy (non-hydrogen) atoms. The van der Waals surface area contributed by atoms with Crippen LogP contribution < -0.4 is 5.32 Å². The van der Waals surface area contributed by atoms with Gasteiger partial charge in [-0.1, -0.05) is 30.3 Å². The molecule has 1 aromatic carbocycles.